The molecular weight excluding hydrogens is 304 g/mol. The van der Waals surface area contributed by atoms with Crippen molar-refractivity contribution in [3.63, 3.8) is 0 Å². The van der Waals surface area contributed by atoms with Crippen molar-refractivity contribution in [3.05, 3.63) is 29.2 Å². The lowest BCUT2D eigenvalue weighted by Crippen LogP contribution is -2.48. The SMILES string of the molecule is Cc1cc(C(=O)N2CC(C)OC(C)C2)nc2cc(C(C)(C)C)nn12. The first kappa shape index (κ1) is 16.9. The van der Waals surface area contributed by atoms with Gasteiger partial charge in [0.25, 0.3) is 5.91 Å². The van der Waals surface area contributed by atoms with E-state index in [-0.39, 0.29) is 23.5 Å². The van der Waals surface area contributed by atoms with Gasteiger partial charge in [-0.25, -0.2) is 9.50 Å². The smallest absolute Gasteiger partial charge is 0.272 e. The second-order valence-corrected chi connectivity index (χ2v) is 7.80. The fourth-order valence-corrected chi connectivity index (χ4v) is 3.11. The molecule has 1 aliphatic rings. The molecule has 0 radical (unpaired) electrons. The number of carbonyl (C=O) groups excluding carboxylic acids is 1. The van der Waals surface area contributed by atoms with E-state index in [0.29, 0.717) is 18.8 Å². The van der Waals surface area contributed by atoms with E-state index in [1.54, 1.807) is 0 Å². The normalized spacial score (nSPS) is 22.2. The molecule has 3 rings (SSSR count). The van der Waals surface area contributed by atoms with Crippen LogP contribution >= 0.6 is 0 Å². The monoisotopic (exact) mass is 330 g/mol. The van der Waals surface area contributed by atoms with E-state index < -0.39 is 0 Å². The number of aromatic nitrogens is 3. The van der Waals surface area contributed by atoms with Crippen LogP contribution in [0.5, 0.6) is 0 Å². The molecule has 6 heteroatoms. The van der Waals surface area contributed by atoms with E-state index in [2.05, 4.69) is 30.9 Å². The van der Waals surface area contributed by atoms with Crippen LogP contribution in [0.3, 0.4) is 0 Å². The van der Waals surface area contributed by atoms with Crippen molar-refractivity contribution in [2.24, 2.45) is 0 Å². The lowest BCUT2D eigenvalue weighted by Gasteiger charge is -2.35. The van der Waals surface area contributed by atoms with Gasteiger partial charge in [-0.15, -0.1) is 0 Å². The van der Waals surface area contributed by atoms with Crippen LogP contribution in [-0.2, 0) is 10.2 Å². The summed E-state index contributed by atoms with van der Waals surface area (Å²) in [6, 6.07) is 3.79. The van der Waals surface area contributed by atoms with Gasteiger partial charge in [0.1, 0.15) is 5.69 Å². The molecule has 1 saturated heterocycles. The molecule has 2 aromatic heterocycles. The summed E-state index contributed by atoms with van der Waals surface area (Å²) >= 11 is 0. The average molecular weight is 330 g/mol. The first-order valence-electron chi connectivity index (χ1n) is 8.48. The van der Waals surface area contributed by atoms with Crippen LogP contribution in [0.1, 0.15) is 56.5 Å². The molecule has 0 aromatic carbocycles. The molecule has 130 valence electrons. The number of rotatable bonds is 1. The van der Waals surface area contributed by atoms with E-state index in [4.69, 9.17) is 4.74 Å². The number of aryl methyl sites for hydroxylation is 1. The minimum absolute atomic E-state index is 0.0406. The van der Waals surface area contributed by atoms with Gasteiger partial charge in [-0.1, -0.05) is 20.8 Å². The molecule has 1 aliphatic heterocycles. The number of amides is 1. The summed E-state index contributed by atoms with van der Waals surface area (Å²) < 4.78 is 7.52. The molecule has 0 aliphatic carbocycles. The van der Waals surface area contributed by atoms with Crippen LogP contribution in [-0.4, -0.2) is 50.7 Å². The summed E-state index contributed by atoms with van der Waals surface area (Å²) in [4.78, 5) is 19.3. The molecule has 0 N–H and O–H groups in total. The van der Waals surface area contributed by atoms with Crippen LogP contribution in [0.4, 0.5) is 0 Å². The second kappa shape index (κ2) is 5.84. The maximum atomic E-state index is 12.9. The van der Waals surface area contributed by atoms with Crippen molar-refractivity contribution in [1.82, 2.24) is 19.5 Å². The molecule has 0 saturated carbocycles. The third-order valence-corrected chi connectivity index (χ3v) is 4.30. The van der Waals surface area contributed by atoms with Crippen LogP contribution in [0.15, 0.2) is 12.1 Å². The van der Waals surface area contributed by atoms with Crippen molar-refractivity contribution in [3.8, 4) is 0 Å². The van der Waals surface area contributed by atoms with Crippen LogP contribution in [0, 0.1) is 6.92 Å². The Balaban J connectivity index is 1.96. The Labute approximate surface area is 142 Å². The molecule has 1 amide bonds. The lowest BCUT2D eigenvalue weighted by molar-refractivity contribution is -0.0587. The molecule has 2 unspecified atom stereocenters. The first-order chi connectivity index (χ1) is 11.1. The summed E-state index contributed by atoms with van der Waals surface area (Å²) in [5.74, 6) is -0.0406. The Hall–Kier alpha value is -1.95. The Kier molecular flexibility index (Phi) is 4.11. The van der Waals surface area contributed by atoms with E-state index in [0.717, 1.165) is 17.0 Å². The van der Waals surface area contributed by atoms with Gasteiger partial charge in [-0.2, -0.15) is 5.10 Å². The molecule has 24 heavy (non-hydrogen) atoms. The first-order valence-corrected chi connectivity index (χ1v) is 8.48. The van der Waals surface area contributed by atoms with Gasteiger partial charge in [0.2, 0.25) is 0 Å². The van der Waals surface area contributed by atoms with Gasteiger partial charge >= 0.3 is 0 Å². The third-order valence-electron chi connectivity index (χ3n) is 4.30. The van der Waals surface area contributed by atoms with E-state index in [1.165, 1.54) is 0 Å². The molecule has 2 aromatic rings. The highest BCUT2D eigenvalue weighted by Crippen LogP contribution is 2.23. The highest BCUT2D eigenvalue weighted by atomic mass is 16.5. The molecule has 3 heterocycles. The van der Waals surface area contributed by atoms with Crippen LogP contribution in [0.25, 0.3) is 5.65 Å². The maximum Gasteiger partial charge on any atom is 0.272 e. The zero-order valence-electron chi connectivity index (χ0n) is 15.3. The maximum absolute atomic E-state index is 12.9. The number of hydrogen-bond acceptors (Lipinski definition) is 4. The Morgan fingerprint density at radius 3 is 2.42 bits per heavy atom. The largest absolute Gasteiger partial charge is 0.372 e. The molecule has 0 bridgehead atoms. The summed E-state index contributed by atoms with van der Waals surface area (Å²) in [7, 11) is 0. The van der Waals surface area contributed by atoms with Crippen molar-refractivity contribution >= 4 is 11.6 Å². The molecule has 6 nitrogen and oxygen atoms in total. The van der Waals surface area contributed by atoms with Gasteiger partial charge in [0.15, 0.2) is 5.65 Å². The summed E-state index contributed by atoms with van der Waals surface area (Å²) in [6.45, 7) is 13.5. The predicted molar refractivity (Wildman–Crippen MR) is 92.3 cm³/mol. The Morgan fingerprint density at radius 2 is 1.83 bits per heavy atom. The summed E-state index contributed by atoms with van der Waals surface area (Å²) in [5.41, 5.74) is 3.02. The average Bonchev–Trinajstić information content (AvgIpc) is 2.90. The standard InChI is InChI=1S/C18H26N4O2/c1-11-7-14(17(23)21-9-12(2)24-13(3)10-21)19-16-8-15(18(4,5)6)20-22(11)16/h7-8,12-13H,9-10H2,1-6H3. The third kappa shape index (κ3) is 3.15. The lowest BCUT2D eigenvalue weighted by atomic mass is 9.93. The summed E-state index contributed by atoms with van der Waals surface area (Å²) in [6.07, 6.45) is 0.0926. The quantitative estimate of drug-likeness (QED) is 0.806. The molecule has 2 atom stereocenters. The van der Waals surface area contributed by atoms with Crippen LogP contribution < -0.4 is 0 Å². The summed E-state index contributed by atoms with van der Waals surface area (Å²) in [5, 5.41) is 4.63. The highest BCUT2D eigenvalue weighted by molar-refractivity contribution is 5.93. The number of fused-ring (bicyclic) bond motifs is 1. The number of morpholine rings is 1. The molecule has 1 fully saturated rings. The Bertz CT molecular complexity index is 765. The van der Waals surface area contributed by atoms with Gasteiger partial charge in [-0.3, -0.25) is 4.79 Å². The zero-order chi connectivity index (χ0) is 17.6. The van der Waals surface area contributed by atoms with Gasteiger partial charge < -0.3 is 9.64 Å². The number of hydrogen-bond donors (Lipinski definition) is 0. The number of carbonyl (C=O) groups is 1. The van der Waals surface area contributed by atoms with Crippen molar-refractivity contribution < 1.29 is 9.53 Å². The van der Waals surface area contributed by atoms with Gasteiger partial charge in [0, 0.05) is 30.3 Å². The topological polar surface area (TPSA) is 59.7 Å². The number of nitrogens with zero attached hydrogens (tertiary/aromatic N) is 4. The molecule has 0 spiro atoms. The van der Waals surface area contributed by atoms with Crippen molar-refractivity contribution in [2.45, 2.75) is 59.2 Å². The highest BCUT2D eigenvalue weighted by Gasteiger charge is 2.28. The van der Waals surface area contributed by atoms with Gasteiger partial charge in [-0.05, 0) is 26.8 Å². The number of ether oxygens (including phenoxy) is 1. The van der Waals surface area contributed by atoms with E-state index in [1.807, 2.05) is 42.3 Å². The van der Waals surface area contributed by atoms with E-state index in [9.17, 15) is 4.79 Å². The Morgan fingerprint density at radius 1 is 1.21 bits per heavy atom. The second-order valence-electron chi connectivity index (χ2n) is 7.80. The van der Waals surface area contributed by atoms with Gasteiger partial charge in [0.05, 0.1) is 17.9 Å². The fourth-order valence-electron chi connectivity index (χ4n) is 3.11. The minimum Gasteiger partial charge on any atom is -0.372 e. The predicted octanol–water partition coefficient (Wildman–Crippen LogP) is 2.58. The minimum atomic E-state index is -0.0562. The fraction of sp³-hybridized carbons (Fsp3) is 0.611. The van der Waals surface area contributed by atoms with Crippen molar-refractivity contribution in [2.75, 3.05) is 13.1 Å². The van der Waals surface area contributed by atoms with E-state index >= 15 is 0 Å². The zero-order valence-corrected chi connectivity index (χ0v) is 15.3. The van der Waals surface area contributed by atoms with Crippen LogP contribution in [0.2, 0.25) is 0 Å². The molecular formula is C18H26N4O2. The van der Waals surface area contributed by atoms with Crippen molar-refractivity contribution in [1.29, 1.82) is 0 Å².